The zero-order chi connectivity index (χ0) is 15.0. The van der Waals surface area contributed by atoms with E-state index in [1.807, 2.05) is 6.07 Å². The van der Waals surface area contributed by atoms with Crippen LogP contribution in [-0.2, 0) is 11.2 Å². The van der Waals surface area contributed by atoms with Crippen molar-refractivity contribution in [2.24, 2.45) is 5.92 Å². The fourth-order valence-electron chi connectivity index (χ4n) is 2.07. The molecule has 1 rings (SSSR count). The standard InChI is InChI=1S/C15H20BrCl2NO/c1-2-3-11(6-7-16)10-19-15(20)9-12-4-5-13(17)14(18)8-12/h4-5,8,11H,2-3,6-7,9-10H2,1H3,(H,19,20). The van der Waals surface area contributed by atoms with E-state index in [9.17, 15) is 4.79 Å². The van der Waals surface area contributed by atoms with Crippen LogP contribution in [0.1, 0.15) is 31.7 Å². The third kappa shape index (κ3) is 6.47. The maximum absolute atomic E-state index is 11.9. The lowest BCUT2D eigenvalue weighted by Gasteiger charge is -2.15. The topological polar surface area (TPSA) is 29.1 Å². The first-order valence-electron chi connectivity index (χ1n) is 6.83. The summed E-state index contributed by atoms with van der Waals surface area (Å²) in [7, 11) is 0. The van der Waals surface area contributed by atoms with Crippen molar-refractivity contribution in [2.45, 2.75) is 32.6 Å². The molecule has 1 atom stereocenters. The monoisotopic (exact) mass is 379 g/mol. The summed E-state index contributed by atoms with van der Waals surface area (Å²) in [4.78, 5) is 11.9. The van der Waals surface area contributed by atoms with E-state index < -0.39 is 0 Å². The summed E-state index contributed by atoms with van der Waals surface area (Å²) in [5, 5.41) is 4.97. The van der Waals surface area contributed by atoms with Gasteiger partial charge in [-0.3, -0.25) is 4.79 Å². The second-order valence-corrected chi connectivity index (χ2v) is 6.47. The van der Waals surface area contributed by atoms with E-state index in [2.05, 4.69) is 28.2 Å². The summed E-state index contributed by atoms with van der Waals surface area (Å²) in [5.74, 6) is 0.566. The van der Waals surface area contributed by atoms with E-state index in [1.165, 1.54) is 0 Å². The number of nitrogens with one attached hydrogen (secondary N) is 1. The molecule has 1 unspecified atom stereocenters. The van der Waals surface area contributed by atoms with Crippen molar-refractivity contribution in [3.8, 4) is 0 Å². The number of alkyl halides is 1. The van der Waals surface area contributed by atoms with E-state index in [-0.39, 0.29) is 5.91 Å². The van der Waals surface area contributed by atoms with Crippen molar-refractivity contribution in [3.63, 3.8) is 0 Å². The number of hydrogen-bond acceptors (Lipinski definition) is 1. The Bertz CT molecular complexity index is 434. The molecule has 112 valence electrons. The number of halogens is 3. The van der Waals surface area contributed by atoms with Crippen LogP contribution in [0.25, 0.3) is 0 Å². The minimum Gasteiger partial charge on any atom is -0.356 e. The molecule has 0 aromatic heterocycles. The highest BCUT2D eigenvalue weighted by atomic mass is 79.9. The predicted octanol–water partition coefficient (Wildman–Crippen LogP) is 4.85. The van der Waals surface area contributed by atoms with Crippen LogP contribution in [0.4, 0.5) is 0 Å². The second-order valence-electron chi connectivity index (χ2n) is 4.86. The predicted molar refractivity (Wildman–Crippen MR) is 90.0 cm³/mol. The number of rotatable bonds is 8. The van der Waals surface area contributed by atoms with Crippen molar-refractivity contribution in [2.75, 3.05) is 11.9 Å². The zero-order valence-electron chi connectivity index (χ0n) is 11.6. The molecule has 0 aliphatic carbocycles. The fraction of sp³-hybridized carbons (Fsp3) is 0.533. The Morgan fingerprint density at radius 3 is 2.65 bits per heavy atom. The molecule has 1 N–H and O–H groups in total. The maximum atomic E-state index is 11.9. The summed E-state index contributed by atoms with van der Waals surface area (Å²) in [6.07, 6.45) is 3.70. The molecule has 20 heavy (non-hydrogen) atoms. The van der Waals surface area contributed by atoms with Crippen molar-refractivity contribution in [1.29, 1.82) is 0 Å². The Kier molecular flexibility index (Phi) is 8.58. The van der Waals surface area contributed by atoms with Crippen LogP contribution in [0.5, 0.6) is 0 Å². The van der Waals surface area contributed by atoms with E-state index in [4.69, 9.17) is 23.2 Å². The molecule has 0 spiro atoms. The summed E-state index contributed by atoms with van der Waals surface area (Å²) in [6.45, 7) is 2.90. The van der Waals surface area contributed by atoms with Crippen LogP contribution in [-0.4, -0.2) is 17.8 Å². The van der Waals surface area contributed by atoms with Gasteiger partial charge in [0.2, 0.25) is 5.91 Å². The normalized spacial score (nSPS) is 12.2. The average molecular weight is 381 g/mol. The Morgan fingerprint density at radius 2 is 2.05 bits per heavy atom. The van der Waals surface area contributed by atoms with Gasteiger partial charge >= 0.3 is 0 Å². The van der Waals surface area contributed by atoms with Crippen LogP contribution in [0, 0.1) is 5.92 Å². The molecule has 2 nitrogen and oxygen atoms in total. The number of carbonyl (C=O) groups excluding carboxylic acids is 1. The Hall–Kier alpha value is -0.250. The smallest absolute Gasteiger partial charge is 0.224 e. The fourth-order valence-corrected chi connectivity index (χ4v) is 3.03. The molecular weight excluding hydrogens is 361 g/mol. The van der Waals surface area contributed by atoms with Gasteiger partial charge in [-0.2, -0.15) is 0 Å². The molecule has 0 bridgehead atoms. The molecule has 0 radical (unpaired) electrons. The van der Waals surface area contributed by atoms with Gasteiger partial charge in [0, 0.05) is 11.9 Å². The van der Waals surface area contributed by atoms with Crippen molar-refractivity contribution in [3.05, 3.63) is 33.8 Å². The molecule has 0 aliphatic rings. The zero-order valence-corrected chi connectivity index (χ0v) is 14.7. The minimum atomic E-state index is 0.0269. The van der Waals surface area contributed by atoms with E-state index >= 15 is 0 Å². The van der Waals surface area contributed by atoms with Crippen LogP contribution in [0.15, 0.2) is 18.2 Å². The van der Waals surface area contributed by atoms with Crippen LogP contribution >= 0.6 is 39.1 Å². The lowest BCUT2D eigenvalue weighted by molar-refractivity contribution is -0.120. The van der Waals surface area contributed by atoms with Gasteiger partial charge < -0.3 is 5.32 Å². The van der Waals surface area contributed by atoms with Gasteiger partial charge in [-0.15, -0.1) is 0 Å². The first-order valence-corrected chi connectivity index (χ1v) is 8.71. The highest BCUT2D eigenvalue weighted by Gasteiger charge is 2.10. The highest BCUT2D eigenvalue weighted by molar-refractivity contribution is 9.09. The third-order valence-electron chi connectivity index (χ3n) is 3.15. The lowest BCUT2D eigenvalue weighted by atomic mass is 10.0. The lowest BCUT2D eigenvalue weighted by Crippen LogP contribution is -2.30. The summed E-state index contributed by atoms with van der Waals surface area (Å²) in [6, 6.07) is 5.29. The maximum Gasteiger partial charge on any atom is 0.224 e. The number of amides is 1. The minimum absolute atomic E-state index is 0.0269. The second kappa shape index (κ2) is 9.64. The van der Waals surface area contributed by atoms with Gasteiger partial charge in [-0.05, 0) is 36.5 Å². The van der Waals surface area contributed by atoms with E-state index in [0.29, 0.717) is 22.4 Å². The number of benzene rings is 1. The molecular formula is C15H20BrCl2NO. The molecule has 1 aromatic rings. The molecule has 0 heterocycles. The molecule has 0 aliphatic heterocycles. The number of hydrogen-bond donors (Lipinski definition) is 1. The van der Waals surface area contributed by atoms with Crippen LogP contribution < -0.4 is 5.32 Å². The largest absolute Gasteiger partial charge is 0.356 e. The van der Waals surface area contributed by atoms with Gasteiger partial charge in [-0.25, -0.2) is 0 Å². The van der Waals surface area contributed by atoms with Crippen molar-refractivity contribution < 1.29 is 4.79 Å². The van der Waals surface area contributed by atoms with Gasteiger partial charge in [0.1, 0.15) is 0 Å². The van der Waals surface area contributed by atoms with Crippen LogP contribution in [0.3, 0.4) is 0 Å². The quantitative estimate of drug-likeness (QED) is 0.641. The molecule has 5 heteroatoms. The van der Waals surface area contributed by atoms with Crippen LogP contribution in [0.2, 0.25) is 10.0 Å². The van der Waals surface area contributed by atoms with Gasteiger partial charge in [0.25, 0.3) is 0 Å². The number of carbonyl (C=O) groups is 1. The SMILES string of the molecule is CCCC(CCBr)CNC(=O)Cc1ccc(Cl)c(Cl)c1. The van der Waals surface area contributed by atoms with Gasteiger partial charge in [0.15, 0.2) is 0 Å². The van der Waals surface area contributed by atoms with E-state index in [1.54, 1.807) is 12.1 Å². The van der Waals surface area contributed by atoms with Crippen molar-refractivity contribution >= 4 is 45.0 Å². The average Bonchev–Trinajstić information content (AvgIpc) is 2.41. The molecule has 0 saturated carbocycles. The first kappa shape index (κ1) is 17.8. The molecule has 1 aromatic carbocycles. The summed E-state index contributed by atoms with van der Waals surface area (Å²) >= 11 is 15.2. The molecule has 1 amide bonds. The molecule has 0 fully saturated rings. The van der Waals surface area contributed by atoms with Crippen molar-refractivity contribution in [1.82, 2.24) is 5.32 Å². The Balaban J connectivity index is 2.44. The summed E-state index contributed by atoms with van der Waals surface area (Å²) in [5.41, 5.74) is 0.879. The first-order chi connectivity index (χ1) is 9.56. The van der Waals surface area contributed by atoms with Gasteiger partial charge in [0.05, 0.1) is 16.5 Å². The highest BCUT2D eigenvalue weighted by Crippen LogP contribution is 2.22. The Labute approximate surface area is 139 Å². The van der Waals surface area contributed by atoms with Gasteiger partial charge in [-0.1, -0.05) is 58.5 Å². The Morgan fingerprint density at radius 1 is 1.30 bits per heavy atom. The summed E-state index contributed by atoms with van der Waals surface area (Å²) < 4.78 is 0. The van der Waals surface area contributed by atoms with E-state index in [0.717, 1.165) is 36.7 Å². The molecule has 0 saturated heterocycles. The third-order valence-corrected chi connectivity index (χ3v) is 4.35.